The third kappa shape index (κ3) is 2.55. The van der Waals surface area contributed by atoms with Gasteiger partial charge in [0.2, 0.25) is 0 Å². The van der Waals surface area contributed by atoms with Crippen LogP contribution in [0.15, 0.2) is 30.3 Å². The second-order valence-electron chi connectivity index (χ2n) is 5.24. The first-order valence-electron chi connectivity index (χ1n) is 7.04. The van der Waals surface area contributed by atoms with Crippen molar-refractivity contribution in [1.82, 2.24) is 0 Å². The molecular weight excluding hydrogens is 322 g/mol. The molecule has 0 fully saturated rings. The van der Waals surface area contributed by atoms with Crippen LogP contribution in [0.4, 0.5) is 20.2 Å². The molecule has 0 saturated heterocycles. The lowest BCUT2D eigenvalue weighted by molar-refractivity contribution is -0.385. The maximum atomic E-state index is 13.8. The standard InChI is InChI=1S/C16H12F2N2O4/c1-24-15-3-2-9(6-14(15)20(22)23)16(21)19-5-4-11-12(18)7-10(17)8-13(11)19/h2-3,6-8H,4-5H2,1H3. The first-order chi connectivity index (χ1) is 11.4. The van der Waals surface area contributed by atoms with Crippen molar-refractivity contribution in [3.63, 3.8) is 0 Å². The molecule has 0 radical (unpaired) electrons. The predicted molar refractivity (Wildman–Crippen MR) is 81.4 cm³/mol. The normalized spacial score (nSPS) is 12.9. The molecule has 0 spiro atoms. The molecule has 24 heavy (non-hydrogen) atoms. The highest BCUT2D eigenvalue weighted by molar-refractivity contribution is 6.07. The van der Waals surface area contributed by atoms with Crippen molar-refractivity contribution >= 4 is 17.3 Å². The molecule has 6 nitrogen and oxygen atoms in total. The van der Waals surface area contributed by atoms with E-state index in [-0.39, 0.29) is 41.2 Å². The number of methoxy groups -OCH3 is 1. The van der Waals surface area contributed by atoms with Crippen molar-refractivity contribution in [2.75, 3.05) is 18.6 Å². The highest BCUT2D eigenvalue weighted by atomic mass is 19.1. The Morgan fingerprint density at radius 2 is 2.04 bits per heavy atom. The fraction of sp³-hybridized carbons (Fsp3) is 0.188. The molecule has 1 amide bonds. The van der Waals surface area contributed by atoms with E-state index in [1.807, 2.05) is 0 Å². The molecule has 3 rings (SSSR count). The van der Waals surface area contributed by atoms with E-state index < -0.39 is 22.5 Å². The van der Waals surface area contributed by atoms with Crippen molar-refractivity contribution in [1.29, 1.82) is 0 Å². The van der Waals surface area contributed by atoms with E-state index in [1.165, 1.54) is 24.1 Å². The molecule has 0 bridgehead atoms. The SMILES string of the molecule is COc1ccc(C(=O)N2CCc3c(F)cc(F)cc32)cc1[N+](=O)[O-]. The maximum absolute atomic E-state index is 13.8. The highest BCUT2D eigenvalue weighted by Gasteiger charge is 2.30. The van der Waals surface area contributed by atoms with E-state index in [9.17, 15) is 23.7 Å². The van der Waals surface area contributed by atoms with Gasteiger partial charge in [-0.2, -0.15) is 0 Å². The third-order valence-electron chi connectivity index (χ3n) is 3.88. The van der Waals surface area contributed by atoms with Gasteiger partial charge in [0, 0.05) is 29.8 Å². The lowest BCUT2D eigenvalue weighted by atomic mass is 10.1. The topological polar surface area (TPSA) is 72.7 Å². The molecule has 1 heterocycles. The van der Waals surface area contributed by atoms with Gasteiger partial charge in [0.15, 0.2) is 5.75 Å². The Morgan fingerprint density at radius 3 is 2.71 bits per heavy atom. The number of amides is 1. The number of carbonyl (C=O) groups excluding carboxylic acids is 1. The van der Waals surface area contributed by atoms with Crippen molar-refractivity contribution in [3.8, 4) is 5.75 Å². The summed E-state index contributed by atoms with van der Waals surface area (Å²) >= 11 is 0. The minimum absolute atomic E-state index is 0.0236. The van der Waals surface area contributed by atoms with Crippen LogP contribution >= 0.6 is 0 Å². The number of hydrogen-bond donors (Lipinski definition) is 0. The summed E-state index contributed by atoms with van der Waals surface area (Å²) in [5.41, 5.74) is 0.0944. The number of hydrogen-bond acceptors (Lipinski definition) is 4. The number of nitro benzene ring substituents is 1. The van der Waals surface area contributed by atoms with Crippen molar-refractivity contribution in [2.45, 2.75) is 6.42 Å². The monoisotopic (exact) mass is 334 g/mol. The zero-order chi connectivity index (χ0) is 17.4. The van der Waals surface area contributed by atoms with Crippen molar-refractivity contribution in [3.05, 3.63) is 63.2 Å². The Bertz CT molecular complexity index is 854. The summed E-state index contributed by atoms with van der Waals surface area (Å²) in [5, 5.41) is 11.1. The lowest BCUT2D eigenvalue weighted by Crippen LogP contribution is -2.29. The van der Waals surface area contributed by atoms with Crippen molar-refractivity contribution < 1.29 is 23.2 Å². The van der Waals surface area contributed by atoms with Gasteiger partial charge < -0.3 is 9.64 Å². The van der Waals surface area contributed by atoms with E-state index in [1.54, 1.807) is 0 Å². The first kappa shape index (κ1) is 15.9. The molecule has 124 valence electrons. The lowest BCUT2D eigenvalue weighted by Gasteiger charge is -2.17. The van der Waals surface area contributed by atoms with Crippen LogP contribution in [0, 0.1) is 21.7 Å². The Balaban J connectivity index is 2.01. The largest absolute Gasteiger partial charge is 0.490 e. The van der Waals surface area contributed by atoms with E-state index >= 15 is 0 Å². The van der Waals surface area contributed by atoms with Crippen LogP contribution in [0.3, 0.4) is 0 Å². The highest BCUT2D eigenvalue weighted by Crippen LogP contribution is 2.34. The number of benzene rings is 2. The molecule has 1 aliphatic rings. The van der Waals surface area contributed by atoms with Gasteiger partial charge in [0.1, 0.15) is 11.6 Å². The Morgan fingerprint density at radius 1 is 1.29 bits per heavy atom. The summed E-state index contributed by atoms with van der Waals surface area (Å²) in [5.74, 6) is -2.03. The average molecular weight is 334 g/mol. The minimum atomic E-state index is -0.785. The summed E-state index contributed by atoms with van der Waals surface area (Å²) in [6, 6.07) is 5.64. The number of nitrogens with zero attached hydrogens (tertiary/aromatic N) is 2. The number of fused-ring (bicyclic) bond motifs is 1. The summed E-state index contributed by atoms with van der Waals surface area (Å²) in [7, 11) is 1.28. The van der Waals surface area contributed by atoms with Crippen LogP contribution in [-0.4, -0.2) is 24.5 Å². The fourth-order valence-electron chi connectivity index (χ4n) is 2.75. The molecule has 1 aliphatic heterocycles. The fourth-order valence-corrected chi connectivity index (χ4v) is 2.75. The molecule has 0 aliphatic carbocycles. The summed E-state index contributed by atoms with van der Waals surface area (Å²) < 4.78 is 32.1. The Kier molecular flexibility index (Phi) is 3.88. The van der Waals surface area contributed by atoms with Crippen LogP contribution < -0.4 is 9.64 Å². The number of anilines is 1. The molecule has 0 N–H and O–H groups in total. The van der Waals surface area contributed by atoms with Crippen LogP contribution in [-0.2, 0) is 6.42 Å². The van der Waals surface area contributed by atoms with Crippen LogP contribution in [0.25, 0.3) is 0 Å². The Labute approximate surface area is 135 Å². The Hall–Kier alpha value is -3.03. The molecule has 8 heteroatoms. The van der Waals surface area contributed by atoms with Gasteiger partial charge in [-0.15, -0.1) is 0 Å². The zero-order valence-electron chi connectivity index (χ0n) is 12.6. The molecular formula is C16H12F2N2O4. The summed E-state index contributed by atoms with van der Waals surface area (Å²) in [6.45, 7) is 0.175. The van der Waals surface area contributed by atoms with Gasteiger partial charge in [0.25, 0.3) is 5.91 Å². The second kappa shape index (κ2) is 5.88. The van der Waals surface area contributed by atoms with Gasteiger partial charge >= 0.3 is 5.69 Å². The average Bonchev–Trinajstić information content (AvgIpc) is 2.97. The molecule has 0 saturated carbocycles. The van der Waals surface area contributed by atoms with E-state index in [0.717, 1.165) is 18.2 Å². The van der Waals surface area contributed by atoms with Crippen LogP contribution in [0.2, 0.25) is 0 Å². The molecule has 2 aromatic carbocycles. The van der Waals surface area contributed by atoms with Crippen LogP contribution in [0.5, 0.6) is 5.75 Å². The van der Waals surface area contributed by atoms with Gasteiger partial charge in [-0.1, -0.05) is 0 Å². The zero-order valence-corrected chi connectivity index (χ0v) is 12.6. The predicted octanol–water partition coefficient (Wildman–Crippen LogP) is 3.08. The van der Waals surface area contributed by atoms with E-state index in [2.05, 4.69) is 0 Å². The number of rotatable bonds is 3. The summed E-state index contributed by atoms with van der Waals surface area (Å²) in [6.07, 6.45) is 0.255. The van der Waals surface area contributed by atoms with Crippen molar-refractivity contribution in [2.24, 2.45) is 0 Å². The second-order valence-corrected chi connectivity index (χ2v) is 5.24. The van der Waals surface area contributed by atoms with E-state index in [4.69, 9.17) is 4.74 Å². The molecule has 2 aromatic rings. The number of ether oxygens (including phenoxy) is 1. The quantitative estimate of drug-likeness (QED) is 0.639. The van der Waals surface area contributed by atoms with Crippen LogP contribution in [0.1, 0.15) is 15.9 Å². The first-order valence-corrected chi connectivity index (χ1v) is 7.04. The van der Waals surface area contributed by atoms with Gasteiger partial charge in [-0.25, -0.2) is 8.78 Å². The molecule has 0 unspecified atom stereocenters. The minimum Gasteiger partial charge on any atom is -0.490 e. The van der Waals surface area contributed by atoms with Gasteiger partial charge in [-0.3, -0.25) is 14.9 Å². The smallest absolute Gasteiger partial charge is 0.311 e. The van der Waals surface area contributed by atoms with Gasteiger partial charge in [0.05, 0.1) is 17.7 Å². The number of carbonyl (C=O) groups is 1. The number of halogens is 2. The summed E-state index contributed by atoms with van der Waals surface area (Å²) in [4.78, 5) is 24.2. The molecule has 0 aromatic heterocycles. The molecule has 0 atom stereocenters. The third-order valence-corrected chi connectivity index (χ3v) is 3.88. The maximum Gasteiger partial charge on any atom is 0.311 e. The number of nitro groups is 1. The van der Waals surface area contributed by atoms with Gasteiger partial charge in [-0.05, 0) is 24.6 Å². The van der Waals surface area contributed by atoms with E-state index in [0.29, 0.717) is 0 Å².